The molecular formula is C48H62O5Si. The van der Waals surface area contributed by atoms with Gasteiger partial charge in [0.15, 0.2) is 5.41 Å². The van der Waals surface area contributed by atoms with E-state index >= 15 is 9.59 Å². The summed E-state index contributed by atoms with van der Waals surface area (Å²) in [7, 11) is -2.87. The molecule has 2 aromatic rings. The number of fused-ring (bicyclic) bond motifs is 1. The van der Waals surface area contributed by atoms with E-state index in [2.05, 4.69) is 88.0 Å². The fourth-order valence-electron chi connectivity index (χ4n) is 15.2. The first-order valence-corrected chi connectivity index (χ1v) is 23.8. The molecule has 0 aromatic heterocycles. The lowest BCUT2D eigenvalue weighted by Crippen LogP contribution is -2.68. The van der Waals surface area contributed by atoms with E-state index in [0.29, 0.717) is 30.1 Å². The molecule has 0 heterocycles. The van der Waals surface area contributed by atoms with Crippen LogP contribution in [0.25, 0.3) is 0 Å². The van der Waals surface area contributed by atoms with E-state index in [4.69, 9.17) is 13.9 Å². The third-order valence-electron chi connectivity index (χ3n) is 16.9. The predicted molar refractivity (Wildman–Crippen MR) is 213 cm³/mol. The number of esters is 2. The highest BCUT2D eigenvalue weighted by molar-refractivity contribution is 6.99. The molecule has 2 aromatic carbocycles. The van der Waals surface area contributed by atoms with Crippen LogP contribution in [0.4, 0.5) is 0 Å². The molecule has 0 spiro atoms. The van der Waals surface area contributed by atoms with Crippen molar-refractivity contribution in [3.63, 3.8) is 0 Å². The van der Waals surface area contributed by atoms with Crippen LogP contribution < -0.4 is 10.4 Å². The van der Waals surface area contributed by atoms with E-state index in [9.17, 15) is 0 Å². The topological polar surface area (TPSA) is 61.8 Å². The van der Waals surface area contributed by atoms with Gasteiger partial charge in [0.05, 0.1) is 0 Å². The number of benzene rings is 2. The van der Waals surface area contributed by atoms with Gasteiger partial charge in [0, 0.05) is 12.0 Å². The molecule has 10 saturated carbocycles. The first-order valence-electron chi connectivity index (χ1n) is 21.9. The molecule has 288 valence electrons. The summed E-state index contributed by atoms with van der Waals surface area (Å²) in [5, 5.41) is 2.36. The molecule has 1 unspecified atom stereocenters. The van der Waals surface area contributed by atoms with E-state index < -0.39 is 13.7 Å². The Morgan fingerprint density at radius 1 is 0.648 bits per heavy atom. The minimum atomic E-state index is -2.87. The van der Waals surface area contributed by atoms with Gasteiger partial charge in [-0.1, -0.05) is 87.5 Å². The van der Waals surface area contributed by atoms with Gasteiger partial charge in [-0.2, -0.15) is 0 Å². The van der Waals surface area contributed by atoms with Crippen molar-refractivity contribution in [1.29, 1.82) is 0 Å². The molecule has 10 fully saturated rings. The smallest absolute Gasteiger partial charge is 0.324 e. The lowest BCUT2D eigenvalue weighted by Gasteiger charge is -2.54. The van der Waals surface area contributed by atoms with Gasteiger partial charge in [-0.15, -0.1) is 6.58 Å². The van der Waals surface area contributed by atoms with E-state index in [1.165, 1.54) is 74.6 Å². The summed E-state index contributed by atoms with van der Waals surface area (Å²) in [5.41, 5.74) is -1.38. The second kappa shape index (κ2) is 13.2. The van der Waals surface area contributed by atoms with Crippen LogP contribution in [0.15, 0.2) is 73.3 Å². The van der Waals surface area contributed by atoms with Gasteiger partial charge in [-0.05, 0) is 158 Å². The van der Waals surface area contributed by atoms with Gasteiger partial charge in [-0.3, -0.25) is 9.59 Å². The summed E-state index contributed by atoms with van der Waals surface area (Å²) in [5.74, 6) is 4.04. The Balaban J connectivity index is 1.01. The van der Waals surface area contributed by atoms with Crippen LogP contribution in [0.5, 0.6) is 0 Å². The number of carbonyl (C=O) groups excluding carboxylic acids is 2. The predicted octanol–water partition coefficient (Wildman–Crippen LogP) is 8.89. The Hall–Kier alpha value is -2.70. The summed E-state index contributed by atoms with van der Waals surface area (Å²) in [4.78, 5) is 30.7. The van der Waals surface area contributed by atoms with Gasteiger partial charge < -0.3 is 13.9 Å². The zero-order valence-electron chi connectivity index (χ0n) is 32.9. The van der Waals surface area contributed by atoms with Crippen molar-refractivity contribution in [2.75, 3.05) is 0 Å². The zero-order chi connectivity index (χ0) is 37.0. The number of allylic oxidation sites excluding steroid dienone is 1. The first kappa shape index (κ1) is 35.7. The summed E-state index contributed by atoms with van der Waals surface area (Å²) >= 11 is 0. The Morgan fingerprint density at radius 3 is 1.46 bits per heavy atom. The molecule has 0 aliphatic heterocycles. The Labute approximate surface area is 324 Å². The van der Waals surface area contributed by atoms with Crippen molar-refractivity contribution < 1.29 is 23.5 Å². The standard InChI is InChI=1S/C48H62O5Si/c1-5-41-39-16-17-42(53-54(47(2,3)4,37-12-8-6-9-13-37)38-14-10-7-11-15-38)40(39)28-48(41,45(49)51-43-33-20-29-18-30(22-33)23-34(43)21-29)46(50)52-44-35-24-31-19-32(26-35)27-36(44)25-31/h5-15,29-36,39-44H,1,16-28H2,2-4H3/t29?,30?,31?,32?,33?,34?,35?,36?,39-,40?,41-,42-,43?,44?,48?/m1/s1. The molecule has 0 N–H and O–H groups in total. The number of rotatable bonds is 9. The van der Waals surface area contributed by atoms with Crippen LogP contribution >= 0.6 is 0 Å². The second-order valence-corrected chi connectivity index (χ2v) is 25.0. The molecule has 10 aliphatic carbocycles. The fraction of sp³-hybridized carbons (Fsp3) is 0.667. The van der Waals surface area contributed by atoms with Crippen molar-refractivity contribution >= 4 is 30.6 Å². The van der Waals surface area contributed by atoms with Gasteiger partial charge in [-0.25, -0.2) is 0 Å². The molecule has 0 saturated heterocycles. The van der Waals surface area contributed by atoms with Crippen LogP contribution in [0, 0.1) is 70.5 Å². The maximum atomic E-state index is 15.3. The van der Waals surface area contributed by atoms with Crippen LogP contribution in [0.2, 0.25) is 5.04 Å². The van der Waals surface area contributed by atoms with E-state index in [1.54, 1.807) is 0 Å². The van der Waals surface area contributed by atoms with Crippen LogP contribution in [0.3, 0.4) is 0 Å². The molecule has 6 heteroatoms. The van der Waals surface area contributed by atoms with Crippen molar-refractivity contribution in [2.45, 2.75) is 128 Å². The number of carbonyl (C=O) groups is 2. The highest BCUT2D eigenvalue weighted by Crippen LogP contribution is 2.62. The minimum absolute atomic E-state index is 0.0340. The fourth-order valence-corrected chi connectivity index (χ4v) is 20.0. The van der Waals surface area contributed by atoms with Crippen molar-refractivity contribution in [3.8, 4) is 0 Å². The van der Waals surface area contributed by atoms with Crippen molar-refractivity contribution in [1.82, 2.24) is 0 Å². The quantitative estimate of drug-likeness (QED) is 0.111. The largest absolute Gasteiger partial charge is 0.461 e. The summed E-state index contributed by atoms with van der Waals surface area (Å²) in [6.07, 6.45) is 16.0. The lowest BCUT2D eigenvalue weighted by atomic mass is 9.55. The number of hydrogen-bond acceptors (Lipinski definition) is 5. The Morgan fingerprint density at radius 2 is 1.07 bits per heavy atom. The van der Waals surface area contributed by atoms with Crippen LogP contribution in [-0.4, -0.2) is 38.6 Å². The normalized spacial score (nSPS) is 42.9. The minimum Gasteiger partial charge on any atom is -0.461 e. The van der Waals surface area contributed by atoms with E-state index in [1.807, 2.05) is 6.08 Å². The van der Waals surface area contributed by atoms with Crippen molar-refractivity contribution in [2.24, 2.45) is 70.5 Å². The molecule has 10 aliphatic rings. The number of ether oxygens (including phenoxy) is 2. The molecule has 54 heavy (non-hydrogen) atoms. The summed E-state index contributed by atoms with van der Waals surface area (Å²) < 4.78 is 21.5. The molecule has 12 rings (SSSR count). The van der Waals surface area contributed by atoms with Gasteiger partial charge >= 0.3 is 11.9 Å². The summed E-state index contributed by atoms with van der Waals surface area (Å²) in [6.45, 7) is 11.4. The lowest BCUT2D eigenvalue weighted by molar-refractivity contribution is -0.201. The Kier molecular flexibility index (Phi) is 8.71. The molecule has 0 amide bonds. The third kappa shape index (κ3) is 5.45. The zero-order valence-corrected chi connectivity index (χ0v) is 33.9. The van der Waals surface area contributed by atoms with Gasteiger partial charge in [0.2, 0.25) is 0 Å². The molecular weight excluding hydrogens is 685 g/mol. The highest BCUT2D eigenvalue weighted by atomic mass is 28.4. The van der Waals surface area contributed by atoms with E-state index in [-0.39, 0.29) is 53.0 Å². The number of hydrogen-bond donors (Lipinski definition) is 0. The maximum Gasteiger partial charge on any atom is 0.324 e. The molecule has 0 radical (unpaired) electrons. The van der Waals surface area contributed by atoms with Crippen LogP contribution in [-0.2, 0) is 23.5 Å². The van der Waals surface area contributed by atoms with Crippen LogP contribution in [0.1, 0.15) is 104 Å². The van der Waals surface area contributed by atoms with Gasteiger partial charge in [0.25, 0.3) is 8.32 Å². The third-order valence-corrected chi connectivity index (χ3v) is 22.0. The first-order chi connectivity index (χ1) is 26.1. The van der Waals surface area contributed by atoms with Gasteiger partial charge in [0.1, 0.15) is 12.2 Å². The molecule has 8 bridgehead atoms. The molecule has 4 atom stereocenters. The molecule has 5 nitrogen and oxygen atoms in total. The maximum absolute atomic E-state index is 15.3. The van der Waals surface area contributed by atoms with Crippen molar-refractivity contribution in [3.05, 3.63) is 73.3 Å². The average molecular weight is 747 g/mol. The highest BCUT2D eigenvalue weighted by Gasteiger charge is 2.68. The monoisotopic (exact) mass is 746 g/mol. The SMILES string of the molecule is C=C[C@@H]1[C@@H]2CC[C@@H](O[Si](c3ccccc3)(c3ccccc3)C(C)(C)C)C2CC1(C(=O)OC1C2CC3CC(C2)CC1C3)C(=O)OC1C2CC3CC(C2)CC1C3. The summed E-state index contributed by atoms with van der Waals surface area (Å²) in [6, 6.07) is 21.8. The Bertz CT molecular complexity index is 1600. The second-order valence-electron chi connectivity index (χ2n) is 20.8. The average Bonchev–Trinajstić information content (AvgIpc) is 3.70. The van der Waals surface area contributed by atoms with E-state index in [0.717, 1.165) is 36.5 Å².